The Bertz CT molecular complexity index is 362. The van der Waals surface area contributed by atoms with Crippen LogP contribution in [0.1, 0.15) is 11.5 Å². The lowest BCUT2D eigenvalue weighted by molar-refractivity contribution is -0.133. The SMILES string of the molecule is NCC(C(=O)N1CCNCC1)c1cccnc1. The summed E-state index contributed by atoms with van der Waals surface area (Å²) in [7, 11) is 0. The molecule has 3 N–H and O–H groups in total. The van der Waals surface area contributed by atoms with Crippen LogP contribution in [0.15, 0.2) is 24.5 Å². The molecule has 1 aromatic heterocycles. The molecule has 0 radical (unpaired) electrons. The smallest absolute Gasteiger partial charge is 0.231 e. The van der Waals surface area contributed by atoms with Crippen LogP contribution in [0.5, 0.6) is 0 Å². The van der Waals surface area contributed by atoms with Crippen molar-refractivity contribution in [1.29, 1.82) is 0 Å². The number of nitrogens with zero attached hydrogens (tertiary/aromatic N) is 2. The number of nitrogens with two attached hydrogens (primary N) is 1. The van der Waals surface area contributed by atoms with Crippen molar-refractivity contribution in [2.24, 2.45) is 5.73 Å². The van der Waals surface area contributed by atoms with Crippen LogP contribution in [0, 0.1) is 0 Å². The van der Waals surface area contributed by atoms with Crippen LogP contribution in [-0.2, 0) is 4.79 Å². The summed E-state index contributed by atoms with van der Waals surface area (Å²) in [6, 6.07) is 3.74. The summed E-state index contributed by atoms with van der Waals surface area (Å²) in [5, 5.41) is 3.23. The normalized spacial score (nSPS) is 17.8. The molecule has 1 fully saturated rings. The van der Waals surface area contributed by atoms with Crippen LogP contribution in [0.25, 0.3) is 0 Å². The van der Waals surface area contributed by atoms with Crippen LogP contribution in [0.4, 0.5) is 0 Å². The minimum atomic E-state index is -0.262. The highest BCUT2D eigenvalue weighted by molar-refractivity contribution is 5.84. The van der Waals surface area contributed by atoms with Crippen LogP contribution in [0.2, 0.25) is 0 Å². The Labute approximate surface area is 101 Å². The molecule has 92 valence electrons. The molecular formula is C12H18N4O. The second-order valence-electron chi connectivity index (χ2n) is 4.15. The molecule has 0 spiro atoms. The monoisotopic (exact) mass is 234 g/mol. The van der Waals surface area contributed by atoms with Crippen molar-refractivity contribution in [1.82, 2.24) is 15.2 Å². The molecule has 1 aliphatic heterocycles. The lowest BCUT2D eigenvalue weighted by Gasteiger charge is -2.30. The quantitative estimate of drug-likeness (QED) is 0.743. The topological polar surface area (TPSA) is 71.2 Å². The number of rotatable bonds is 3. The molecule has 0 saturated carbocycles. The molecule has 0 bridgehead atoms. The molecule has 17 heavy (non-hydrogen) atoms. The van der Waals surface area contributed by atoms with Gasteiger partial charge in [-0.05, 0) is 11.6 Å². The Balaban J connectivity index is 2.10. The highest BCUT2D eigenvalue weighted by atomic mass is 16.2. The van der Waals surface area contributed by atoms with Gasteiger partial charge in [-0.3, -0.25) is 9.78 Å². The van der Waals surface area contributed by atoms with Crippen molar-refractivity contribution in [3.8, 4) is 0 Å². The average Bonchev–Trinajstić information content (AvgIpc) is 2.42. The first-order chi connectivity index (χ1) is 8.33. The fourth-order valence-electron chi connectivity index (χ4n) is 2.07. The number of piperazine rings is 1. The Kier molecular flexibility index (Phi) is 4.06. The highest BCUT2D eigenvalue weighted by Gasteiger charge is 2.25. The van der Waals surface area contributed by atoms with Crippen molar-refractivity contribution in [3.05, 3.63) is 30.1 Å². The molecule has 1 atom stereocenters. The molecule has 2 heterocycles. The summed E-state index contributed by atoms with van der Waals surface area (Å²) in [5.74, 6) is -0.149. The minimum absolute atomic E-state index is 0.113. The number of hydrogen-bond acceptors (Lipinski definition) is 4. The van der Waals surface area contributed by atoms with Gasteiger partial charge in [0, 0.05) is 45.1 Å². The molecule has 5 heteroatoms. The second-order valence-corrected chi connectivity index (χ2v) is 4.15. The molecule has 0 aliphatic carbocycles. The Hall–Kier alpha value is -1.46. The summed E-state index contributed by atoms with van der Waals surface area (Å²) in [6.45, 7) is 3.56. The third-order valence-corrected chi connectivity index (χ3v) is 3.05. The summed E-state index contributed by atoms with van der Waals surface area (Å²) >= 11 is 0. The first-order valence-corrected chi connectivity index (χ1v) is 5.92. The van der Waals surface area contributed by atoms with Gasteiger partial charge in [-0.2, -0.15) is 0 Å². The van der Waals surface area contributed by atoms with Gasteiger partial charge in [-0.1, -0.05) is 6.07 Å². The second kappa shape index (κ2) is 5.75. The van der Waals surface area contributed by atoms with Crippen LogP contribution in [0.3, 0.4) is 0 Å². The summed E-state index contributed by atoms with van der Waals surface area (Å²) in [6.07, 6.45) is 3.42. The maximum absolute atomic E-state index is 12.3. The van der Waals surface area contributed by atoms with E-state index in [9.17, 15) is 4.79 Å². The van der Waals surface area contributed by atoms with E-state index in [1.807, 2.05) is 17.0 Å². The maximum Gasteiger partial charge on any atom is 0.231 e. The number of hydrogen-bond donors (Lipinski definition) is 2. The number of pyridine rings is 1. The van der Waals surface area contributed by atoms with Gasteiger partial charge in [0.05, 0.1) is 5.92 Å². The van der Waals surface area contributed by atoms with Crippen LogP contribution < -0.4 is 11.1 Å². The number of nitrogens with one attached hydrogen (secondary N) is 1. The predicted octanol–water partition coefficient (Wildman–Crippen LogP) is -0.444. The minimum Gasteiger partial charge on any atom is -0.340 e. The van der Waals surface area contributed by atoms with Crippen LogP contribution in [-0.4, -0.2) is 48.5 Å². The summed E-state index contributed by atoms with van der Waals surface area (Å²) in [4.78, 5) is 18.2. The molecule has 0 aromatic carbocycles. The maximum atomic E-state index is 12.3. The predicted molar refractivity (Wildman–Crippen MR) is 65.5 cm³/mol. The lowest BCUT2D eigenvalue weighted by atomic mass is 9.99. The summed E-state index contributed by atoms with van der Waals surface area (Å²) < 4.78 is 0. The average molecular weight is 234 g/mol. The highest BCUT2D eigenvalue weighted by Crippen LogP contribution is 2.16. The van der Waals surface area contributed by atoms with Crippen molar-refractivity contribution in [2.45, 2.75) is 5.92 Å². The Morgan fingerprint density at radius 1 is 1.53 bits per heavy atom. The lowest BCUT2D eigenvalue weighted by Crippen LogP contribution is -2.48. The fourth-order valence-corrected chi connectivity index (χ4v) is 2.07. The van der Waals surface area contributed by atoms with Gasteiger partial charge in [0.2, 0.25) is 5.91 Å². The third-order valence-electron chi connectivity index (χ3n) is 3.05. The zero-order valence-electron chi connectivity index (χ0n) is 9.80. The summed E-state index contributed by atoms with van der Waals surface area (Å²) in [5.41, 5.74) is 6.62. The standard InChI is InChI=1S/C12H18N4O/c13-8-11(10-2-1-3-15-9-10)12(17)16-6-4-14-5-7-16/h1-3,9,11,14H,4-8,13H2. The number of aromatic nitrogens is 1. The third kappa shape index (κ3) is 2.81. The van der Waals surface area contributed by atoms with E-state index in [0.717, 1.165) is 31.7 Å². The van der Waals surface area contributed by atoms with Gasteiger partial charge in [0.25, 0.3) is 0 Å². The van der Waals surface area contributed by atoms with Gasteiger partial charge in [-0.25, -0.2) is 0 Å². The number of carbonyl (C=O) groups is 1. The van der Waals surface area contributed by atoms with Gasteiger partial charge < -0.3 is 16.0 Å². The zero-order chi connectivity index (χ0) is 12.1. The first kappa shape index (κ1) is 12.0. The molecule has 5 nitrogen and oxygen atoms in total. The molecule has 1 saturated heterocycles. The van der Waals surface area contributed by atoms with Crippen molar-refractivity contribution in [3.63, 3.8) is 0 Å². The molecule has 2 rings (SSSR count). The van der Waals surface area contributed by atoms with E-state index in [-0.39, 0.29) is 11.8 Å². The molecular weight excluding hydrogens is 216 g/mol. The Morgan fingerprint density at radius 2 is 2.29 bits per heavy atom. The molecule has 1 amide bonds. The fraction of sp³-hybridized carbons (Fsp3) is 0.500. The van der Waals surface area contributed by atoms with E-state index >= 15 is 0 Å². The van der Waals surface area contributed by atoms with Gasteiger partial charge in [0.1, 0.15) is 0 Å². The first-order valence-electron chi connectivity index (χ1n) is 5.92. The van der Waals surface area contributed by atoms with Crippen molar-refractivity contribution < 1.29 is 4.79 Å². The van der Waals surface area contributed by atoms with E-state index in [0.29, 0.717) is 6.54 Å². The van der Waals surface area contributed by atoms with E-state index in [4.69, 9.17) is 5.73 Å². The molecule has 1 unspecified atom stereocenters. The van der Waals surface area contributed by atoms with Gasteiger partial charge in [-0.15, -0.1) is 0 Å². The molecule has 1 aromatic rings. The Morgan fingerprint density at radius 3 is 2.88 bits per heavy atom. The van der Waals surface area contributed by atoms with Gasteiger partial charge >= 0.3 is 0 Å². The van der Waals surface area contributed by atoms with Gasteiger partial charge in [0.15, 0.2) is 0 Å². The van der Waals surface area contributed by atoms with E-state index in [2.05, 4.69) is 10.3 Å². The number of amides is 1. The molecule has 1 aliphatic rings. The van der Waals surface area contributed by atoms with E-state index < -0.39 is 0 Å². The number of carbonyl (C=O) groups excluding carboxylic acids is 1. The van der Waals surface area contributed by atoms with Crippen molar-refractivity contribution in [2.75, 3.05) is 32.7 Å². The largest absolute Gasteiger partial charge is 0.340 e. The van der Waals surface area contributed by atoms with Crippen LogP contribution >= 0.6 is 0 Å². The zero-order valence-corrected chi connectivity index (χ0v) is 9.80. The van der Waals surface area contributed by atoms with E-state index in [1.54, 1.807) is 12.4 Å². The van der Waals surface area contributed by atoms with Crippen molar-refractivity contribution >= 4 is 5.91 Å². The van der Waals surface area contributed by atoms with E-state index in [1.165, 1.54) is 0 Å².